The van der Waals surface area contributed by atoms with E-state index in [9.17, 15) is 19.8 Å². The van der Waals surface area contributed by atoms with E-state index in [0.29, 0.717) is 17.5 Å². The number of hydrogen-bond donors (Lipinski definition) is 2. The van der Waals surface area contributed by atoms with Crippen LogP contribution >= 0.6 is 0 Å². The summed E-state index contributed by atoms with van der Waals surface area (Å²) in [5, 5.41) is 20.2. The van der Waals surface area contributed by atoms with Gasteiger partial charge in [0, 0.05) is 5.41 Å². The Bertz CT molecular complexity index is 728. The number of rotatable bonds is 7. The van der Waals surface area contributed by atoms with Gasteiger partial charge >= 0.3 is 11.9 Å². The van der Waals surface area contributed by atoms with Gasteiger partial charge in [-0.1, -0.05) is 73.5 Å². The molecule has 2 rings (SSSR count). The third-order valence-corrected chi connectivity index (χ3v) is 5.61. The fraction of sp³-hybridized carbons (Fsp3) is 0.364. The van der Waals surface area contributed by atoms with Crippen LogP contribution in [-0.2, 0) is 15.0 Å². The molecule has 0 aliphatic carbocycles. The second-order valence-corrected chi connectivity index (χ2v) is 6.86. The van der Waals surface area contributed by atoms with E-state index < -0.39 is 22.8 Å². The van der Waals surface area contributed by atoms with Crippen LogP contribution in [0.1, 0.15) is 48.9 Å². The van der Waals surface area contributed by atoms with Crippen LogP contribution < -0.4 is 0 Å². The summed E-state index contributed by atoms with van der Waals surface area (Å²) in [7, 11) is 0. The maximum Gasteiger partial charge on any atom is 0.322 e. The number of aryl methyl sites for hydroxylation is 2. The molecule has 4 nitrogen and oxygen atoms in total. The molecule has 138 valence electrons. The lowest BCUT2D eigenvalue weighted by Crippen LogP contribution is -2.56. The zero-order chi connectivity index (χ0) is 19.5. The maximum atomic E-state index is 12.4. The smallest absolute Gasteiger partial charge is 0.322 e. The van der Waals surface area contributed by atoms with Gasteiger partial charge in [-0.15, -0.1) is 0 Å². The van der Waals surface area contributed by atoms with Gasteiger partial charge in [0.2, 0.25) is 0 Å². The number of carboxylic acid groups (broad SMARTS) is 2. The van der Waals surface area contributed by atoms with Crippen molar-refractivity contribution in [3.8, 4) is 0 Å². The van der Waals surface area contributed by atoms with E-state index in [1.165, 1.54) is 0 Å². The summed E-state index contributed by atoms with van der Waals surface area (Å²) in [6, 6.07) is 15.0. The number of benzene rings is 2. The Balaban J connectivity index is 2.96. The highest BCUT2D eigenvalue weighted by Crippen LogP contribution is 2.52. The Hall–Kier alpha value is -2.62. The standard InChI is InChI=1S/C22H26O4/c1-5-21(17-11-7-15(3)8-12-17,18-13-9-16(4)10-14-18)22(6-2,19(23)24)20(25)26/h7-14H,5-6H2,1-4H3,(H,23,24)(H,25,26). The Morgan fingerprint density at radius 1 is 0.731 bits per heavy atom. The van der Waals surface area contributed by atoms with Gasteiger partial charge in [-0.2, -0.15) is 0 Å². The molecule has 0 saturated heterocycles. The van der Waals surface area contributed by atoms with Crippen molar-refractivity contribution in [3.05, 3.63) is 70.8 Å². The van der Waals surface area contributed by atoms with Crippen LogP contribution in [-0.4, -0.2) is 22.2 Å². The van der Waals surface area contributed by atoms with E-state index in [1.807, 2.05) is 69.3 Å². The second kappa shape index (κ2) is 7.32. The molecule has 0 aliphatic heterocycles. The summed E-state index contributed by atoms with van der Waals surface area (Å²) in [4.78, 5) is 24.8. The van der Waals surface area contributed by atoms with Gasteiger partial charge in [0.05, 0.1) is 0 Å². The van der Waals surface area contributed by atoms with E-state index >= 15 is 0 Å². The molecule has 0 spiro atoms. The Morgan fingerprint density at radius 3 is 1.31 bits per heavy atom. The normalized spacial score (nSPS) is 12.0. The average Bonchev–Trinajstić information content (AvgIpc) is 2.61. The van der Waals surface area contributed by atoms with Crippen molar-refractivity contribution in [2.24, 2.45) is 5.41 Å². The van der Waals surface area contributed by atoms with Crippen LogP contribution in [0.4, 0.5) is 0 Å². The lowest BCUT2D eigenvalue weighted by molar-refractivity contribution is -0.170. The van der Waals surface area contributed by atoms with Gasteiger partial charge in [0.25, 0.3) is 0 Å². The summed E-state index contributed by atoms with van der Waals surface area (Å²) in [6.07, 6.45) is 0.332. The largest absolute Gasteiger partial charge is 0.480 e. The van der Waals surface area contributed by atoms with Gasteiger partial charge in [-0.25, -0.2) is 0 Å². The zero-order valence-electron chi connectivity index (χ0n) is 15.7. The first kappa shape index (κ1) is 19.7. The first-order valence-corrected chi connectivity index (χ1v) is 8.87. The molecule has 0 heterocycles. The van der Waals surface area contributed by atoms with Crippen molar-refractivity contribution in [1.29, 1.82) is 0 Å². The second-order valence-electron chi connectivity index (χ2n) is 6.86. The molecule has 4 heteroatoms. The topological polar surface area (TPSA) is 74.6 Å². The summed E-state index contributed by atoms with van der Waals surface area (Å²) in [6.45, 7) is 7.39. The molecule has 0 bridgehead atoms. The summed E-state index contributed by atoms with van der Waals surface area (Å²) < 4.78 is 0. The van der Waals surface area contributed by atoms with Gasteiger partial charge in [-0.05, 0) is 37.8 Å². The zero-order valence-corrected chi connectivity index (χ0v) is 15.7. The average molecular weight is 354 g/mol. The van der Waals surface area contributed by atoms with Gasteiger partial charge in [-0.3, -0.25) is 9.59 Å². The predicted molar refractivity (Wildman–Crippen MR) is 101 cm³/mol. The molecule has 0 atom stereocenters. The Labute approximate surface area is 154 Å². The third kappa shape index (κ3) is 2.79. The van der Waals surface area contributed by atoms with Crippen molar-refractivity contribution in [2.75, 3.05) is 0 Å². The molecule has 0 aliphatic rings. The summed E-state index contributed by atoms with van der Waals surface area (Å²) >= 11 is 0. The van der Waals surface area contributed by atoms with E-state index in [0.717, 1.165) is 11.1 Å². The molecule has 26 heavy (non-hydrogen) atoms. The van der Waals surface area contributed by atoms with E-state index in [-0.39, 0.29) is 6.42 Å². The summed E-state index contributed by atoms with van der Waals surface area (Å²) in [5.74, 6) is -2.62. The predicted octanol–water partition coefficient (Wildman–Crippen LogP) is 4.57. The SMILES string of the molecule is CCC(C(=O)O)(C(=O)O)C(CC)(c1ccc(C)cc1)c1ccc(C)cc1. The Kier molecular flexibility index (Phi) is 5.55. The minimum Gasteiger partial charge on any atom is -0.480 e. The quantitative estimate of drug-likeness (QED) is 0.715. The van der Waals surface area contributed by atoms with Crippen LogP contribution in [0, 0.1) is 19.3 Å². The van der Waals surface area contributed by atoms with Crippen LogP contribution in [0.25, 0.3) is 0 Å². The summed E-state index contributed by atoms with van der Waals surface area (Å²) in [5.41, 5.74) is 0.348. The van der Waals surface area contributed by atoms with Crippen molar-refractivity contribution < 1.29 is 19.8 Å². The molecular formula is C22H26O4. The number of aliphatic carboxylic acids is 2. The van der Waals surface area contributed by atoms with E-state index in [4.69, 9.17) is 0 Å². The third-order valence-electron chi connectivity index (χ3n) is 5.61. The molecule has 2 aromatic rings. The van der Waals surface area contributed by atoms with Crippen molar-refractivity contribution in [3.63, 3.8) is 0 Å². The molecule has 0 fully saturated rings. The van der Waals surface area contributed by atoms with Crippen molar-refractivity contribution in [2.45, 2.75) is 46.0 Å². The minimum absolute atomic E-state index is 0.0206. The van der Waals surface area contributed by atoms with Crippen LogP contribution in [0.3, 0.4) is 0 Å². The van der Waals surface area contributed by atoms with Gasteiger partial charge < -0.3 is 10.2 Å². The van der Waals surface area contributed by atoms with Gasteiger partial charge in [0.15, 0.2) is 5.41 Å². The molecule has 0 unspecified atom stereocenters. The molecule has 2 aromatic carbocycles. The highest BCUT2D eigenvalue weighted by molar-refractivity contribution is 6.01. The maximum absolute atomic E-state index is 12.4. The highest BCUT2D eigenvalue weighted by atomic mass is 16.4. The lowest BCUT2D eigenvalue weighted by Gasteiger charge is -2.45. The molecule has 0 aromatic heterocycles. The molecular weight excluding hydrogens is 328 g/mol. The van der Waals surface area contributed by atoms with Crippen LogP contribution in [0.5, 0.6) is 0 Å². The van der Waals surface area contributed by atoms with Crippen LogP contribution in [0.2, 0.25) is 0 Å². The van der Waals surface area contributed by atoms with Crippen molar-refractivity contribution in [1.82, 2.24) is 0 Å². The highest BCUT2D eigenvalue weighted by Gasteiger charge is 2.62. The first-order valence-electron chi connectivity index (χ1n) is 8.87. The van der Waals surface area contributed by atoms with Gasteiger partial charge in [0.1, 0.15) is 0 Å². The monoisotopic (exact) mass is 354 g/mol. The Morgan fingerprint density at radius 2 is 1.08 bits per heavy atom. The van der Waals surface area contributed by atoms with E-state index in [1.54, 1.807) is 6.92 Å². The fourth-order valence-corrected chi connectivity index (χ4v) is 4.11. The van der Waals surface area contributed by atoms with Crippen LogP contribution in [0.15, 0.2) is 48.5 Å². The minimum atomic E-state index is -1.97. The lowest BCUT2D eigenvalue weighted by atomic mass is 9.54. The van der Waals surface area contributed by atoms with Crippen molar-refractivity contribution >= 4 is 11.9 Å². The first-order chi connectivity index (χ1) is 12.3. The number of hydrogen-bond acceptors (Lipinski definition) is 2. The molecule has 0 radical (unpaired) electrons. The van der Waals surface area contributed by atoms with E-state index in [2.05, 4.69) is 0 Å². The number of carboxylic acids is 2. The molecule has 0 amide bonds. The number of carbonyl (C=O) groups is 2. The molecule has 2 N–H and O–H groups in total. The molecule has 0 saturated carbocycles. The fourth-order valence-electron chi connectivity index (χ4n) is 4.11.